The van der Waals surface area contributed by atoms with Gasteiger partial charge in [0.25, 0.3) is 0 Å². The molecule has 0 aromatic carbocycles. The second kappa shape index (κ2) is 6.99. The minimum atomic E-state index is -5.92. The van der Waals surface area contributed by atoms with E-state index < -0.39 is 18.1 Å². The fraction of sp³-hybridized carbons (Fsp3) is 0. The summed E-state index contributed by atoms with van der Waals surface area (Å²) in [6, 6.07) is 0. The summed E-state index contributed by atoms with van der Waals surface area (Å²) in [5.41, 5.74) is 0. The molecule has 0 atom stereocenters. The predicted molar refractivity (Wildman–Crippen MR) is 12.6 cm³/mol. The van der Waals surface area contributed by atoms with Gasteiger partial charge in [0.05, 0.1) is 0 Å². The van der Waals surface area contributed by atoms with Crippen LogP contribution in [0.4, 0.5) is 0 Å². The summed E-state index contributed by atoms with van der Waals surface area (Å²) in [5, 5.41) is 0. The molecule has 0 heterocycles. The standard InChI is InChI=1S/O7Si2.2Tm/c1-8(2,3)7-9(4,5)6;;/q-6;2*+3. The van der Waals surface area contributed by atoms with Crippen LogP contribution in [0.3, 0.4) is 0 Å². The Hall–Kier alpha value is 2.62. The van der Waals surface area contributed by atoms with Crippen LogP contribution in [0, 0.1) is 73.7 Å². The fourth-order valence-corrected chi connectivity index (χ4v) is 1.38. The van der Waals surface area contributed by atoms with Gasteiger partial charge < -0.3 is 32.9 Å². The first-order valence-electron chi connectivity index (χ1n) is 1.63. The van der Waals surface area contributed by atoms with E-state index in [1.54, 1.807) is 0 Å². The summed E-state index contributed by atoms with van der Waals surface area (Å²) in [4.78, 5) is 56.2. The minimum Gasteiger partial charge on any atom is -0.862 e. The third kappa shape index (κ3) is 19.2. The predicted octanol–water partition coefficient (Wildman–Crippen LogP) is -7.96. The summed E-state index contributed by atoms with van der Waals surface area (Å²) in [5.74, 6) is 0. The SMILES string of the molecule is [O-][Si]([O-])([O-])O[Si]([O-])([O-])[O-].[Tm+3].[Tm+3]. The van der Waals surface area contributed by atoms with E-state index in [4.69, 9.17) is 0 Å². The second-order valence-corrected chi connectivity index (χ2v) is 3.92. The summed E-state index contributed by atoms with van der Waals surface area (Å²) in [7, 11) is -11.8. The number of rotatable bonds is 2. The molecule has 0 aliphatic rings. The first-order valence-corrected chi connectivity index (χ1v) is 4.90. The largest absolute Gasteiger partial charge is 3.00 e. The maximum atomic E-state index is 9.36. The van der Waals surface area contributed by atoms with Gasteiger partial charge in [0.15, 0.2) is 0 Å². The van der Waals surface area contributed by atoms with E-state index in [1.807, 2.05) is 0 Å². The van der Waals surface area contributed by atoms with Crippen LogP contribution in [0.15, 0.2) is 0 Å². The quantitative estimate of drug-likeness (QED) is 0.338. The molecule has 0 aromatic heterocycles. The molecule has 0 N–H and O–H groups in total. The molecule has 0 saturated carbocycles. The Balaban J connectivity index is -0.000000320. The first-order chi connectivity index (χ1) is 3.71. The molecule has 0 rings (SSSR count). The van der Waals surface area contributed by atoms with E-state index in [0.717, 1.165) is 0 Å². The molecule has 0 aliphatic heterocycles. The zero-order valence-corrected chi connectivity index (χ0v) is 9.97. The van der Waals surface area contributed by atoms with Gasteiger partial charge in [-0.2, -0.15) is 0 Å². The molecule has 0 aliphatic carbocycles. The maximum Gasteiger partial charge on any atom is 3.00 e. The van der Waals surface area contributed by atoms with E-state index >= 15 is 0 Å². The van der Waals surface area contributed by atoms with Gasteiger partial charge in [0.2, 0.25) is 0 Å². The third-order valence-corrected chi connectivity index (χ3v) is 2.25. The van der Waals surface area contributed by atoms with Crippen LogP contribution in [0.25, 0.3) is 0 Å². The van der Waals surface area contributed by atoms with Crippen molar-refractivity contribution in [3.8, 4) is 0 Å². The third-order valence-electron chi connectivity index (χ3n) is 0.250. The van der Waals surface area contributed by atoms with Crippen molar-refractivity contribution in [2.24, 2.45) is 0 Å². The molecule has 0 amide bonds. The van der Waals surface area contributed by atoms with Gasteiger partial charge >= 0.3 is 73.7 Å². The van der Waals surface area contributed by atoms with E-state index in [2.05, 4.69) is 4.12 Å². The van der Waals surface area contributed by atoms with Crippen LogP contribution in [-0.4, -0.2) is 18.1 Å². The average Bonchev–Trinajstić information content (AvgIpc) is 1.14. The molecular formula is O7Si2Tm2. The van der Waals surface area contributed by atoms with Gasteiger partial charge in [-0.05, 0) is 0 Å². The second-order valence-electron chi connectivity index (χ2n) is 1.10. The molecule has 0 fully saturated rings. The van der Waals surface area contributed by atoms with Gasteiger partial charge in [0.1, 0.15) is 0 Å². The monoisotopic (exact) mass is 506 g/mol. The summed E-state index contributed by atoms with van der Waals surface area (Å²) in [6.07, 6.45) is 0. The van der Waals surface area contributed by atoms with Crippen LogP contribution < -0.4 is 28.8 Å². The molecular weight excluding hydrogens is 506 g/mol. The van der Waals surface area contributed by atoms with E-state index in [1.165, 1.54) is 0 Å². The molecule has 0 bridgehead atoms. The summed E-state index contributed by atoms with van der Waals surface area (Å²) < 4.78 is 2.57. The maximum absolute atomic E-state index is 9.36. The molecule has 7 nitrogen and oxygen atoms in total. The van der Waals surface area contributed by atoms with Crippen molar-refractivity contribution in [1.29, 1.82) is 0 Å². The van der Waals surface area contributed by atoms with Gasteiger partial charge in [-0.1, -0.05) is 0 Å². The van der Waals surface area contributed by atoms with Crippen molar-refractivity contribution in [2.75, 3.05) is 0 Å². The topological polar surface area (TPSA) is 148 Å². The smallest absolute Gasteiger partial charge is 0.862 e. The van der Waals surface area contributed by atoms with Crippen molar-refractivity contribution in [3.63, 3.8) is 0 Å². The summed E-state index contributed by atoms with van der Waals surface area (Å²) in [6.45, 7) is 0. The van der Waals surface area contributed by atoms with Crippen molar-refractivity contribution in [3.05, 3.63) is 0 Å². The fourth-order valence-electron chi connectivity index (χ4n) is 0.153. The van der Waals surface area contributed by atoms with Crippen molar-refractivity contribution >= 4 is 18.1 Å². The molecule has 0 unspecified atom stereocenters. The van der Waals surface area contributed by atoms with Crippen LogP contribution in [-0.2, 0) is 4.12 Å². The van der Waals surface area contributed by atoms with Crippen molar-refractivity contribution in [1.82, 2.24) is 0 Å². The molecule has 0 aromatic rings. The summed E-state index contributed by atoms with van der Waals surface area (Å²) >= 11 is 0. The molecule has 76 valence electrons. The van der Waals surface area contributed by atoms with Gasteiger partial charge in [-0.3, -0.25) is 0 Å². The minimum absolute atomic E-state index is 0. The van der Waals surface area contributed by atoms with Crippen molar-refractivity contribution in [2.45, 2.75) is 0 Å². The van der Waals surface area contributed by atoms with Gasteiger partial charge in [0, 0.05) is 0 Å². The normalized spacial score (nSPS) is 11.5. The first kappa shape index (κ1) is 19.2. The molecule has 0 radical (unpaired) electrons. The molecule has 0 spiro atoms. The van der Waals surface area contributed by atoms with Crippen LogP contribution in [0.1, 0.15) is 0 Å². The van der Waals surface area contributed by atoms with E-state index in [-0.39, 0.29) is 73.7 Å². The van der Waals surface area contributed by atoms with Gasteiger partial charge in [-0.25, -0.2) is 0 Å². The van der Waals surface area contributed by atoms with E-state index in [0.29, 0.717) is 0 Å². The Kier molecular flexibility index (Phi) is 12.2. The zero-order valence-electron chi connectivity index (χ0n) is 4.41. The molecule has 0 saturated heterocycles. The van der Waals surface area contributed by atoms with E-state index in [9.17, 15) is 28.8 Å². The number of hydrogen-bond acceptors (Lipinski definition) is 7. The Morgan fingerprint density at radius 2 is 0.818 bits per heavy atom. The Bertz CT molecular complexity index is 79.6. The van der Waals surface area contributed by atoms with Crippen molar-refractivity contribution < 1.29 is 107 Å². The number of hydrogen-bond donors (Lipinski definition) is 0. The van der Waals surface area contributed by atoms with Crippen LogP contribution in [0.2, 0.25) is 0 Å². The van der Waals surface area contributed by atoms with Crippen LogP contribution in [0.5, 0.6) is 0 Å². The molecule has 11 heteroatoms. The Labute approximate surface area is 123 Å². The van der Waals surface area contributed by atoms with Gasteiger partial charge in [-0.15, -0.1) is 18.1 Å². The Morgan fingerprint density at radius 3 is 0.818 bits per heavy atom. The average molecular weight is 506 g/mol. The zero-order chi connectivity index (χ0) is 7.71. The molecule has 11 heavy (non-hydrogen) atoms. The Morgan fingerprint density at radius 1 is 0.636 bits per heavy atom. The van der Waals surface area contributed by atoms with Crippen LogP contribution >= 0.6 is 0 Å².